The van der Waals surface area contributed by atoms with Crippen molar-refractivity contribution in [1.82, 2.24) is 10.6 Å². The first kappa shape index (κ1) is 19.3. The molecule has 1 aromatic rings. The van der Waals surface area contributed by atoms with Crippen LogP contribution in [0.25, 0.3) is 0 Å². The molecule has 1 aliphatic heterocycles. The number of rotatable bonds is 6. The number of carbonyl (C=O) groups excluding carboxylic acids is 1. The zero-order valence-electron chi connectivity index (χ0n) is 13.3. The Balaban J connectivity index is 0.00000264. The number of hydrogen-bond donors (Lipinski definition) is 2. The van der Waals surface area contributed by atoms with Crippen LogP contribution in [0.1, 0.15) is 12.0 Å². The van der Waals surface area contributed by atoms with Gasteiger partial charge in [0.1, 0.15) is 0 Å². The first-order valence-corrected chi connectivity index (χ1v) is 7.13. The van der Waals surface area contributed by atoms with Crippen LogP contribution in [0, 0.1) is 0 Å². The number of ether oxygens (including phenoxy) is 3. The van der Waals surface area contributed by atoms with Crippen molar-refractivity contribution in [1.29, 1.82) is 0 Å². The van der Waals surface area contributed by atoms with Gasteiger partial charge in [-0.15, -0.1) is 24.0 Å². The van der Waals surface area contributed by atoms with E-state index in [0.29, 0.717) is 18.9 Å². The number of carbonyl (C=O) groups is 1. The van der Waals surface area contributed by atoms with Gasteiger partial charge < -0.3 is 24.8 Å². The summed E-state index contributed by atoms with van der Waals surface area (Å²) in [6, 6.07) is 5.92. The Morgan fingerprint density at radius 3 is 2.74 bits per heavy atom. The highest BCUT2D eigenvalue weighted by atomic mass is 127. The van der Waals surface area contributed by atoms with Crippen LogP contribution in [-0.4, -0.2) is 46.0 Å². The van der Waals surface area contributed by atoms with Crippen LogP contribution < -0.4 is 20.1 Å². The third kappa shape index (κ3) is 6.12. The topological polar surface area (TPSA) is 81.2 Å². The van der Waals surface area contributed by atoms with Gasteiger partial charge in [-0.05, 0) is 24.1 Å². The molecule has 0 unspecified atom stereocenters. The van der Waals surface area contributed by atoms with Gasteiger partial charge in [0.15, 0.2) is 17.5 Å². The number of benzene rings is 1. The molecule has 8 heteroatoms. The number of fused-ring (bicyclic) bond motifs is 1. The molecule has 2 rings (SSSR count). The maximum absolute atomic E-state index is 11.0. The van der Waals surface area contributed by atoms with Gasteiger partial charge >= 0.3 is 5.97 Å². The van der Waals surface area contributed by atoms with Gasteiger partial charge in [-0.25, -0.2) is 0 Å². The fourth-order valence-corrected chi connectivity index (χ4v) is 2.03. The molecular weight excluding hydrogens is 413 g/mol. The van der Waals surface area contributed by atoms with Crippen LogP contribution in [0.2, 0.25) is 0 Å². The third-order valence-electron chi connectivity index (χ3n) is 3.22. The molecule has 2 N–H and O–H groups in total. The minimum Gasteiger partial charge on any atom is -0.469 e. The zero-order chi connectivity index (χ0) is 15.8. The molecule has 0 saturated heterocycles. The molecule has 0 bridgehead atoms. The lowest BCUT2D eigenvalue weighted by atomic mass is 10.1. The number of esters is 1. The standard InChI is InChI=1S/C15H21N3O4.HI/c1-16-15(18-8-6-14(19)20-2)17-7-5-11-3-4-12-13(9-11)22-10-21-12;/h3-4,9H,5-8,10H2,1-2H3,(H2,16,17,18);1H. The van der Waals surface area contributed by atoms with Crippen LogP contribution in [-0.2, 0) is 16.0 Å². The van der Waals surface area contributed by atoms with Crippen molar-refractivity contribution in [2.45, 2.75) is 12.8 Å². The molecule has 0 aliphatic carbocycles. The summed E-state index contributed by atoms with van der Waals surface area (Å²) in [6.07, 6.45) is 1.13. The van der Waals surface area contributed by atoms with Crippen molar-refractivity contribution in [3.8, 4) is 11.5 Å². The van der Waals surface area contributed by atoms with Gasteiger partial charge in [-0.1, -0.05) is 6.07 Å². The van der Waals surface area contributed by atoms with Crippen LogP contribution in [0.3, 0.4) is 0 Å². The minimum atomic E-state index is -0.247. The second-order valence-corrected chi connectivity index (χ2v) is 4.69. The molecule has 0 spiro atoms. The van der Waals surface area contributed by atoms with Gasteiger partial charge in [0, 0.05) is 20.1 Å². The molecule has 1 heterocycles. The summed E-state index contributed by atoms with van der Waals surface area (Å²) < 4.78 is 15.2. The van der Waals surface area contributed by atoms with E-state index in [9.17, 15) is 4.79 Å². The summed E-state index contributed by atoms with van der Waals surface area (Å²) in [6.45, 7) is 1.49. The van der Waals surface area contributed by atoms with Crippen LogP contribution in [0.4, 0.5) is 0 Å². The van der Waals surface area contributed by atoms with Crippen LogP contribution >= 0.6 is 24.0 Å². The molecule has 1 aromatic carbocycles. The van der Waals surface area contributed by atoms with Crippen molar-refractivity contribution in [3.63, 3.8) is 0 Å². The quantitative estimate of drug-likeness (QED) is 0.304. The summed E-state index contributed by atoms with van der Waals surface area (Å²) in [4.78, 5) is 15.1. The average Bonchev–Trinajstić information content (AvgIpc) is 3.00. The van der Waals surface area contributed by atoms with E-state index in [4.69, 9.17) is 9.47 Å². The summed E-state index contributed by atoms with van der Waals surface area (Å²) in [5, 5.41) is 6.25. The minimum absolute atomic E-state index is 0. The van der Waals surface area contributed by atoms with Gasteiger partial charge in [0.2, 0.25) is 6.79 Å². The fraction of sp³-hybridized carbons (Fsp3) is 0.467. The maximum atomic E-state index is 11.0. The predicted octanol–water partition coefficient (Wildman–Crippen LogP) is 1.30. The summed E-state index contributed by atoms with van der Waals surface area (Å²) in [7, 11) is 3.06. The normalized spacial score (nSPS) is 12.3. The van der Waals surface area contributed by atoms with Gasteiger partial charge in [-0.2, -0.15) is 0 Å². The molecule has 0 saturated carbocycles. The molecule has 128 valence electrons. The highest BCUT2D eigenvalue weighted by molar-refractivity contribution is 14.0. The van der Waals surface area contributed by atoms with E-state index < -0.39 is 0 Å². The Kier molecular flexibility index (Phi) is 8.52. The second-order valence-electron chi connectivity index (χ2n) is 4.69. The van der Waals surface area contributed by atoms with E-state index in [-0.39, 0.29) is 36.7 Å². The fourth-order valence-electron chi connectivity index (χ4n) is 2.03. The number of guanidine groups is 1. The Labute approximate surface area is 152 Å². The first-order chi connectivity index (χ1) is 10.7. The van der Waals surface area contributed by atoms with Crippen molar-refractivity contribution in [2.75, 3.05) is 34.0 Å². The molecule has 1 aliphatic rings. The summed E-state index contributed by atoms with van der Waals surface area (Å²) >= 11 is 0. The second kappa shape index (κ2) is 10.1. The number of halogens is 1. The number of aliphatic imine (C=N–C) groups is 1. The maximum Gasteiger partial charge on any atom is 0.307 e. The molecule has 0 atom stereocenters. The zero-order valence-corrected chi connectivity index (χ0v) is 15.6. The molecule has 23 heavy (non-hydrogen) atoms. The largest absolute Gasteiger partial charge is 0.469 e. The number of nitrogens with zero attached hydrogens (tertiary/aromatic N) is 1. The molecule has 0 amide bonds. The lowest BCUT2D eigenvalue weighted by molar-refractivity contribution is -0.140. The van der Waals surface area contributed by atoms with Crippen molar-refractivity contribution in [2.24, 2.45) is 4.99 Å². The van der Waals surface area contributed by atoms with E-state index >= 15 is 0 Å². The van der Waals surface area contributed by atoms with Crippen LogP contribution in [0.5, 0.6) is 11.5 Å². The number of nitrogens with one attached hydrogen (secondary N) is 2. The van der Waals surface area contributed by atoms with E-state index in [1.165, 1.54) is 7.11 Å². The van der Waals surface area contributed by atoms with E-state index in [1.54, 1.807) is 7.05 Å². The number of hydrogen-bond acceptors (Lipinski definition) is 5. The lowest BCUT2D eigenvalue weighted by Crippen LogP contribution is -2.39. The van der Waals surface area contributed by atoms with Gasteiger partial charge in [-0.3, -0.25) is 9.79 Å². The Bertz CT molecular complexity index is 552. The number of methoxy groups -OCH3 is 1. The van der Waals surface area contributed by atoms with Gasteiger partial charge in [0.05, 0.1) is 13.5 Å². The van der Waals surface area contributed by atoms with Crippen molar-refractivity contribution < 1.29 is 19.0 Å². The smallest absolute Gasteiger partial charge is 0.307 e. The summed E-state index contributed by atoms with van der Waals surface area (Å²) in [5.74, 6) is 1.99. The Morgan fingerprint density at radius 1 is 1.26 bits per heavy atom. The summed E-state index contributed by atoms with van der Waals surface area (Å²) in [5.41, 5.74) is 1.15. The Hall–Kier alpha value is -1.71. The molecular formula is C15H22IN3O4. The van der Waals surface area contributed by atoms with Crippen molar-refractivity contribution >= 4 is 35.9 Å². The van der Waals surface area contributed by atoms with Crippen molar-refractivity contribution in [3.05, 3.63) is 23.8 Å². The average molecular weight is 435 g/mol. The predicted molar refractivity (Wildman–Crippen MR) is 97.7 cm³/mol. The highest BCUT2D eigenvalue weighted by Crippen LogP contribution is 2.32. The van der Waals surface area contributed by atoms with E-state index in [2.05, 4.69) is 20.4 Å². The molecule has 0 aromatic heterocycles. The third-order valence-corrected chi connectivity index (χ3v) is 3.22. The van der Waals surface area contributed by atoms with Crippen LogP contribution in [0.15, 0.2) is 23.2 Å². The highest BCUT2D eigenvalue weighted by Gasteiger charge is 2.12. The molecule has 0 radical (unpaired) electrons. The SMILES string of the molecule is CN=C(NCCC(=O)OC)NCCc1ccc2c(c1)OCO2.I. The van der Waals surface area contributed by atoms with E-state index in [1.807, 2.05) is 18.2 Å². The molecule has 7 nitrogen and oxygen atoms in total. The lowest BCUT2D eigenvalue weighted by Gasteiger charge is -2.11. The monoisotopic (exact) mass is 435 g/mol. The first-order valence-electron chi connectivity index (χ1n) is 7.13. The van der Waals surface area contributed by atoms with Gasteiger partial charge in [0.25, 0.3) is 0 Å². The Morgan fingerprint density at radius 2 is 2.00 bits per heavy atom. The molecule has 0 fully saturated rings. The van der Waals surface area contributed by atoms with E-state index in [0.717, 1.165) is 30.0 Å².